The SMILES string of the molecule is COCC(C)Oc1ccc(Cl)cc1S(=O)(=O)NC1CNCCC1C.Cl. The lowest BCUT2D eigenvalue weighted by Crippen LogP contribution is -2.50. The van der Waals surface area contributed by atoms with Crippen LogP contribution in [0.2, 0.25) is 5.02 Å². The summed E-state index contributed by atoms with van der Waals surface area (Å²) < 4.78 is 39.2. The topological polar surface area (TPSA) is 76.7 Å². The van der Waals surface area contributed by atoms with Gasteiger partial charge in [-0.1, -0.05) is 18.5 Å². The molecule has 144 valence electrons. The summed E-state index contributed by atoms with van der Waals surface area (Å²) in [6, 6.07) is 4.44. The van der Waals surface area contributed by atoms with Crippen LogP contribution in [0.25, 0.3) is 0 Å². The number of rotatable bonds is 7. The highest BCUT2D eigenvalue weighted by Crippen LogP contribution is 2.29. The second kappa shape index (κ2) is 9.94. The van der Waals surface area contributed by atoms with E-state index in [4.69, 9.17) is 21.1 Å². The van der Waals surface area contributed by atoms with Crippen LogP contribution in [0.4, 0.5) is 0 Å². The number of benzene rings is 1. The Morgan fingerprint density at radius 3 is 2.80 bits per heavy atom. The van der Waals surface area contributed by atoms with E-state index in [0.717, 1.165) is 13.0 Å². The quantitative estimate of drug-likeness (QED) is 0.718. The van der Waals surface area contributed by atoms with Crippen LogP contribution < -0.4 is 14.8 Å². The third-order valence-corrected chi connectivity index (χ3v) is 5.81. The van der Waals surface area contributed by atoms with Gasteiger partial charge in [-0.15, -0.1) is 12.4 Å². The van der Waals surface area contributed by atoms with E-state index in [0.29, 0.717) is 18.2 Å². The molecule has 1 aliphatic rings. The molecule has 1 heterocycles. The van der Waals surface area contributed by atoms with Crippen molar-refractivity contribution in [1.29, 1.82) is 0 Å². The van der Waals surface area contributed by atoms with Crippen molar-refractivity contribution < 1.29 is 17.9 Å². The van der Waals surface area contributed by atoms with Crippen LogP contribution >= 0.6 is 24.0 Å². The van der Waals surface area contributed by atoms with Gasteiger partial charge in [0.1, 0.15) is 16.7 Å². The lowest BCUT2D eigenvalue weighted by atomic mass is 9.96. The number of ether oxygens (including phenoxy) is 2. The Hall–Kier alpha value is -0.570. The Balaban J connectivity index is 0.00000312. The van der Waals surface area contributed by atoms with E-state index in [9.17, 15) is 8.42 Å². The molecule has 0 radical (unpaired) electrons. The van der Waals surface area contributed by atoms with Crippen molar-refractivity contribution in [1.82, 2.24) is 10.0 Å². The van der Waals surface area contributed by atoms with E-state index < -0.39 is 10.0 Å². The molecule has 0 aromatic heterocycles. The zero-order valence-corrected chi connectivity index (χ0v) is 17.0. The number of hydrogen-bond donors (Lipinski definition) is 2. The van der Waals surface area contributed by atoms with Crippen LogP contribution in [-0.4, -0.2) is 47.4 Å². The van der Waals surface area contributed by atoms with E-state index >= 15 is 0 Å². The van der Waals surface area contributed by atoms with E-state index in [1.807, 2.05) is 13.8 Å². The third kappa shape index (κ3) is 6.27. The monoisotopic (exact) mass is 412 g/mol. The van der Waals surface area contributed by atoms with Crippen molar-refractivity contribution in [2.45, 2.75) is 37.3 Å². The lowest BCUT2D eigenvalue weighted by molar-refractivity contribution is 0.0901. The molecule has 6 nitrogen and oxygen atoms in total. The molecule has 0 aliphatic carbocycles. The molecule has 9 heteroatoms. The van der Waals surface area contributed by atoms with Gasteiger partial charge in [-0.3, -0.25) is 0 Å². The van der Waals surface area contributed by atoms with Crippen LogP contribution in [0.15, 0.2) is 23.1 Å². The smallest absolute Gasteiger partial charge is 0.244 e. The molecule has 2 N–H and O–H groups in total. The maximum absolute atomic E-state index is 12.8. The highest BCUT2D eigenvalue weighted by atomic mass is 35.5. The lowest BCUT2D eigenvalue weighted by Gasteiger charge is -2.30. The maximum Gasteiger partial charge on any atom is 0.244 e. The van der Waals surface area contributed by atoms with Crippen molar-refractivity contribution in [3.8, 4) is 5.75 Å². The van der Waals surface area contributed by atoms with Crippen LogP contribution in [0.1, 0.15) is 20.3 Å². The summed E-state index contributed by atoms with van der Waals surface area (Å²) in [6.45, 7) is 5.73. The predicted octanol–water partition coefficient (Wildman–Crippen LogP) is 2.45. The van der Waals surface area contributed by atoms with E-state index in [-0.39, 0.29) is 41.1 Å². The summed E-state index contributed by atoms with van der Waals surface area (Å²) in [4.78, 5) is 0.0516. The number of hydrogen-bond acceptors (Lipinski definition) is 5. The first-order valence-corrected chi connectivity index (χ1v) is 9.88. The molecular formula is C16H26Cl2N2O4S. The van der Waals surface area contributed by atoms with Crippen molar-refractivity contribution in [2.24, 2.45) is 5.92 Å². The normalized spacial score (nSPS) is 22.1. The van der Waals surface area contributed by atoms with Gasteiger partial charge in [0.2, 0.25) is 10.0 Å². The molecule has 25 heavy (non-hydrogen) atoms. The van der Waals surface area contributed by atoms with Gasteiger partial charge in [0.15, 0.2) is 0 Å². The fraction of sp³-hybridized carbons (Fsp3) is 0.625. The Labute approximate surface area is 161 Å². The van der Waals surface area contributed by atoms with E-state index in [1.54, 1.807) is 19.2 Å². The van der Waals surface area contributed by atoms with Crippen molar-refractivity contribution in [2.75, 3.05) is 26.8 Å². The van der Waals surface area contributed by atoms with Crippen LogP contribution in [-0.2, 0) is 14.8 Å². The molecule has 2 rings (SSSR count). The van der Waals surface area contributed by atoms with Gasteiger partial charge in [0.25, 0.3) is 0 Å². The minimum absolute atomic E-state index is 0. The summed E-state index contributed by atoms with van der Waals surface area (Å²) in [5.41, 5.74) is 0. The molecule has 0 amide bonds. The molecular weight excluding hydrogens is 387 g/mol. The fourth-order valence-electron chi connectivity index (χ4n) is 2.69. The Morgan fingerprint density at radius 2 is 2.16 bits per heavy atom. The van der Waals surface area contributed by atoms with Gasteiger partial charge >= 0.3 is 0 Å². The summed E-state index contributed by atoms with van der Waals surface area (Å²) >= 11 is 6.01. The molecule has 0 saturated carbocycles. The van der Waals surface area contributed by atoms with Gasteiger partial charge in [0.05, 0.1) is 6.61 Å². The van der Waals surface area contributed by atoms with Gasteiger partial charge in [-0.05, 0) is 44.0 Å². The van der Waals surface area contributed by atoms with Gasteiger partial charge in [0, 0.05) is 24.7 Å². The first-order chi connectivity index (χ1) is 11.3. The Morgan fingerprint density at radius 1 is 1.44 bits per heavy atom. The van der Waals surface area contributed by atoms with E-state index in [2.05, 4.69) is 10.0 Å². The minimum atomic E-state index is -3.75. The summed E-state index contributed by atoms with van der Waals surface area (Å²) in [7, 11) is -2.18. The van der Waals surface area contributed by atoms with Gasteiger partial charge in [-0.25, -0.2) is 13.1 Å². The van der Waals surface area contributed by atoms with Crippen LogP contribution in [0, 0.1) is 5.92 Å². The highest BCUT2D eigenvalue weighted by molar-refractivity contribution is 7.89. The largest absolute Gasteiger partial charge is 0.487 e. The second-order valence-electron chi connectivity index (χ2n) is 6.17. The van der Waals surface area contributed by atoms with Crippen LogP contribution in [0.3, 0.4) is 0 Å². The van der Waals surface area contributed by atoms with Gasteiger partial charge in [-0.2, -0.15) is 0 Å². The molecule has 3 unspecified atom stereocenters. The Bertz CT molecular complexity index is 658. The van der Waals surface area contributed by atoms with Gasteiger partial charge < -0.3 is 14.8 Å². The fourth-order valence-corrected chi connectivity index (χ4v) is 4.43. The Kier molecular flexibility index (Phi) is 8.94. The number of halogens is 2. The first-order valence-electron chi connectivity index (χ1n) is 8.01. The summed E-state index contributed by atoms with van der Waals surface area (Å²) in [6.07, 6.45) is 0.650. The average molecular weight is 413 g/mol. The summed E-state index contributed by atoms with van der Waals surface area (Å²) in [5.74, 6) is 0.532. The first kappa shape index (κ1) is 22.5. The number of sulfonamides is 1. The van der Waals surface area contributed by atoms with Crippen molar-refractivity contribution in [3.63, 3.8) is 0 Å². The summed E-state index contributed by atoms with van der Waals surface area (Å²) in [5, 5.41) is 3.56. The molecule has 1 saturated heterocycles. The second-order valence-corrected chi connectivity index (χ2v) is 8.29. The third-order valence-electron chi connectivity index (χ3n) is 4.06. The number of methoxy groups -OCH3 is 1. The molecule has 1 aromatic carbocycles. The highest BCUT2D eigenvalue weighted by Gasteiger charge is 2.29. The molecule has 1 fully saturated rings. The molecule has 1 aromatic rings. The standard InChI is InChI=1S/C16H25ClN2O4S.ClH/c1-11-6-7-18-9-14(11)19-24(20,21)16-8-13(17)4-5-15(16)23-12(2)10-22-3;/h4-5,8,11-12,14,18-19H,6-7,9-10H2,1-3H3;1H. The molecule has 1 aliphatic heterocycles. The maximum atomic E-state index is 12.8. The van der Waals surface area contributed by atoms with Crippen molar-refractivity contribution >= 4 is 34.0 Å². The van der Waals surface area contributed by atoms with E-state index in [1.165, 1.54) is 6.07 Å². The molecule has 0 spiro atoms. The molecule has 0 bridgehead atoms. The predicted molar refractivity (Wildman–Crippen MR) is 101 cm³/mol. The van der Waals surface area contributed by atoms with Crippen molar-refractivity contribution in [3.05, 3.63) is 23.2 Å². The molecule has 3 atom stereocenters. The van der Waals surface area contributed by atoms with Crippen LogP contribution in [0.5, 0.6) is 5.75 Å². The minimum Gasteiger partial charge on any atom is -0.487 e. The zero-order valence-electron chi connectivity index (χ0n) is 14.6. The number of piperidine rings is 1. The average Bonchev–Trinajstić information content (AvgIpc) is 2.51. The zero-order chi connectivity index (χ0) is 17.7. The number of nitrogens with one attached hydrogen (secondary N) is 2.